The molecule has 0 saturated carbocycles. The zero-order valence-corrected chi connectivity index (χ0v) is 13.2. The number of likely N-dealkylation sites (tertiary alicyclic amines) is 1. The van der Waals surface area contributed by atoms with E-state index in [0.29, 0.717) is 5.92 Å². The molecule has 1 atom stereocenters. The van der Waals surface area contributed by atoms with Gasteiger partial charge in [0, 0.05) is 26.7 Å². The van der Waals surface area contributed by atoms with Gasteiger partial charge < -0.3 is 15.0 Å². The van der Waals surface area contributed by atoms with Gasteiger partial charge in [0.2, 0.25) is 0 Å². The van der Waals surface area contributed by atoms with Gasteiger partial charge in [0.25, 0.3) is 0 Å². The number of esters is 1. The Morgan fingerprint density at radius 3 is 2.67 bits per heavy atom. The van der Waals surface area contributed by atoms with E-state index in [4.69, 9.17) is 4.74 Å². The fourth-order valence-electron chi connectivity index (χ4n) is 3.10. The van der Waals surface area contributed by atoms with Gasteiger partial charge >= 0.3 is 5.97 Å². The topological polar surface area (TPSA) is 53.9 Å². The smallest absolute Gasteiger partial charge is 0.308 e. The number of guanidine groups is 1. The van der Waals surface area contributed by atoms with Gasteiger partial charge in [-0.1, -0.05) is 12.2 Å². The normalized spacial score (nSPS) is 24.0. The fourth-order valence-corrected chi connectivity index (χ4v) is 3.10. The van der Waals surface area contributed by atoms with Crippen LogP contribution in [-0.4, -0.2) is 50.6 Å². The summed E-state index contributed by atoms with van der Waals surface area (Å²) in [6.45, 7) is 2.71. The second-order valence-electron chi connectivity index (χ2n) is 5.86. The Balaban J connectivity index is 1.77. The lowest BCUT2D eigenvalue weighted by molar-refractivity contribution is -0.146. The predicted octanol–water partition coefficient (Wildman–Crippen LogP) is 1.80. The van der Waals surface area contributed by atoms with Crippen molar-refractivity contribution < 1.29 is 9.53 Å². The summed E-state index contributed by atoms with van der Waals surface area (Å²) < 4.78 is 4.83. The average molecular weight is 293 g/mol. The maximum Gasteiger partial charge on any atom is 0.308 e. The summed E-state index contributed by atoms with van der Waals surface area (Å²) in [4.78, 5) is 18.2. The van der Waals surface area contributed by atoms with Crippen LogP contribution in [0.2, 0.25) is 0 Å². The summed E-state index contributed by atoms with van der Waals surface area (Å²) in [7, 11) is 3.29. The van der Waals surface area contributed by atoms with Crippen LogP contribution in [0.4, 0.5) is 0 Å². The maximum atomic E-state index is 11.6. The highest BCUT2D eigenvalue weighted by molar-refractivity contribution is 5.80. The molecule has 118 valence electrons. The average Bonchev–Trinajstić information content (AvgIpc) is 2.56. The zero-order chi connectivity index (χ0) is 15.1. The third-order valence-electron chi connectivity index (χ3n) is 4.47. The highest BCUT2D eigenvalue weighted by Gasteiger charge is 2.27. The summed E-state index contributed by atoms with van der Waals surface area (Å²) >= 11 is 0. The van der Waals surface area contributed by atoms with Gasteiger partial charge in [-0.2, -0.15) is 0 Å². The van der Waals surface area contributed by atoms with Crippen molar-refractivity contribution in [3.05, 3.63) is 12.2 Å². The second-order valence-corrected chi connectivity index (χ2v) is 5.86. The van der Waals surface area contributed by atoms with Crippen molar-refractivity contribution in [2.24, 2.45) is 16.8 Å². The minimum Gasteiger partial charge on any atom is -0.469 e. The first-order valence-electron chi connectivity index (χ1n) is 7.93. The lowest BCUT2D eigenvalue weighted by Crippen LogP contribution is -2.47. The standard InChI is InChI=1S/C16H27N3O2/c1-17-16(18-12-13-6-4-3-5-7-13)19-10-8-14(9-11-19)15(20)21-2/h3-4,13-14H,5-12H2,1-2H3,(H,17,18). The molecule has 5 heteroatoms. The molecule has 1 aliphatic heterocycles. The monoisotopic (exact) mass is 293 g/mol. The largest absolute Gasteiger partial charge is 0.469 e. The molecule has 0 aromatic rings. The first-order valence-corrected chi connectivity index (χ1v) is 7.93. The summed E-state index contributed by atoms with van der Waals surface area (Å²) in [5.41, 5.74) is 0. The van der Waals surface area contributed by atoms with E-state index in [1.54, 1.807) is 0 Å². The van der Waals surface area contributed by atoms with E-state index in [1.165, 1.54) is 20.0 Å². The Morgan fingerprint density at radius 2 is 2.10 bits per heavy atom. The van der Waals surface area contributed by atoms with Gasteiger partial charge in [0.1, 0.15) is 0 Å². The van der Waals surface area contributed by atoms with E-state index >= 15 is 0 Å². The van der Waals surface area contributed by atoms with Crippen LogP contribution >= 0.6 is 0 Å². The van der Waals surface area contributed by atoms with Crippen LogP contribution in [0.1, 0.15) is 32.1 Å². The summed E-state index contributed by atoms with van der Waals surface area (Å²) in [5.74, 6) is 1.65. The number of ether oxygens (including phenoxy) is 1. The molecule has 1 aliphatic carbocycles. The number of hydrogen-bond acceptors (Lipinski definition) is 3. The Morgan fingerprint density at radius 1 is 1.33 bits per heavy atom. The van der Waals surface area contributed by atoms with E-state index in [9.17, 15) is 4.79 Å². The number of rotatable bonds is 3. The molecule has 5 nitrogen and oxygen atoms in total. The van der Waals surface area contributed by atoms with Gasteiger partial charge in [0.05, 0.1) is 13.0 Å². The minimum atomic E-state index is -0.0772. The van der Waals surface area contributed by atoms with E-state index in [2.05, 4.69) is 27.4 Å². The Hall–Kier alpha value is -1.52. The van der Waals surface area contributed by atoms with Gasteiger partial charge in [-0.25, -0.2) is 0 Å². The van der Waals surface area contributed by atoms with Crippen molar-refractivity contribution >= 4 is 11.9 Å². The number of piperidine rings is 1. The van der Waals surface area contributed by atoms with E-state index < -0.39 is 0 Å². The van der Waals surface area contributed by atoms with Crippen LogP contribution in [0.15, 0.2) is 17.1 Å². The Bertz CT molecular complexity index is 398. The molecule has 2 rings (SSSR count). The predicted molar refractivity (Wildman–Crippen MR) is 84.2 cm³/mol. The molecule has 2 aliphatic rings. The Labute approximate surface area is 127 Å². The van der Waals surface area contributed by atoms with Crippen LogP contribution in [0, 0.1) is 11.8 Å². The molecule has 0 radical (unpaired) electrons. The fraction of sp³-hybridized carbons (Fsp3) is 0.750. The lowest BCUT2D eigenvalue weighted by atomic mass is 9.94. The molecule has 0 spiro atoms. The third-order valence-corrected chi connectivity index (χ3v) is 4.47. The van der Waals surface area contributed by atoms with Crippen molar-refractivity contribution in [3.8, 4) is 0 Å². The molecule has 1 saturated heterocycles. The van der Waals surface area contributed by atoms with E-state index in [-0.39, 0.29) is 11.9 Å². The second kappa shape index (κ2) is 8.05. The number of methoxy groups -OCH3 is 1. The number of nitrogens with zero attached hydrogens (tertiary/aromatic N) is 2. The molecular weight excluding hydrogens is 266 g/mol. The first kappa shape index (κ1) is 15.9. The molecule has 1 N–H and O–H groups in total. The van der Waals surface area contributed by atoms with Gasteiger partial charge in [0.15, 0.2) is 5.96 Å². The number of nitrogens with one attached hydrogen (secondary N) is 1. The number of hydrogen-bond donors (Lipinski definition) is 1. The summed E-state index contributed by atoms with van der Waals surface area (Å²) in [6.07, 6.45) is 9.84. The molecule has 0 bridgehead atoms. The van der Waals surface area contributed by atoms with Crippen LogP contribution in [0.25, 0.3) is 0 Å². The van der Waals surface area contributed by atoms with Crippen molar-refractivity contribution in [1.82, 2.24) is 10.2 Å². The minimum absolute atomic E-state index is 0.0489. The number of allylic oxidation sites excluding steroid dienone is 2. The molecule has 1 heterocycles. The van der Waals surface area contributed by atoms with E-state index in [0.717, 1.165) is 44.9 Å². The van der Waals surface area contributed by atoms with Crippen molar-refractivity contribution in [1.29, 1.82) is 0 Å². The van der Waals surface area contributed by atoms with Gasteiger partial charge in [-0.15, -0.1) is 0 Å². The number of carbonyl (C=O) groups excluding carboxylic acids is 1. The summed E-state index contributed by atoms with van der Waals surface area (Å²) in [6, 6.07) is 0. The first-order chi connectivity index (χ1) is 10.2. The van der Waals surface area contributed by atoms with Crippen LogP contribution in [0.5, 0.6) is 0 Å². The zero-order valence-electron chi connectivity index (χ0n) is 13.2. The van der Waals surface area contributed by atoms with Crippen LogP contribution in [0.3, 0.4) is 0 Å². The molecule has 0 amide bonds. The molecule has 21 heavy (non-hydrogen) atoms. The van der Waals surface area contributed by atoms with Gasteiger partial charge in [-0.3, -0.25) is 9.79 Å². The van der Waals surface area contributed by atoms with Crippen LogP contribution in [-0.2, 0) is 9.53 Å². The number of aliphatic imine (C=N–C) groups is 1. The quantitative estimate of drug-likeness (QED) is 0.373. The molecule has 1 fully saturated rings. The van der Waals surface area contributed by atoms with Crippen molar-refractivity contribution in [3.63, 3.8) is 0 Å². The van der Waals surface area contributed by atoms with Gasteiger partial charge in [-0.05, 0) is 38.0 Å². The van der Waals surface area contributed by atoms with Crippen LogP contribution < -0.4 is 5.32 Å². The van der Waals surface area contributed by atoms with Crippen molar-refractivity contribution in [2.75, 3.05) is 33.8 Å². The number of carbonyl (C=O) groups is 1. The highest BCUT2D eigenvalue weighted by Crippen LogP contribution is 2.19. The molecule has 0 aromatic heterocycles. The Kier molecular flexibility index (Phi) is 6.08. The molecule has 1 unspecified atom stereocenters. The van der Waals surface area contributed by atoms with Crippen molar-refractivity contribution in [2.45, 2.75) is 32.1 Å². The summed E-state index contributed by atoms with van der Waals surface area (Å²) in [5, 5.41) is 3.49. The SMILES string of the molecule is CN=C(NCC1CC=CCC1)N1CCC(C(=O)OC)CC1. The third kappa shape index (κ3) is 4.48. The maximum absolute atomic E-state index is 11.6. The molecule has 0 aromatic carbocycles. The lowest BCUT2D eigenvalue weighted by Gasteiger charge is -2.33. The molecular formula is C16H27N3O2. The van der Waals surface area contributed by atoms with E-state index in [1.807, 2.05) is 7.05 Å². The highest BCUT2D eigenvalue weighted by atomic mass is 16.5.